The van der Waals surface area contributed by atoms with Gasteiger partial charge in [0.05, 0.1) is 21.9 Å². The van der Waals surface area contributed by atoms with Crippen molar-refractivity contribution in [2.45, 2.75) is 39.7 Å². The van der Waals surface area contributed by atoms with E-state index in [0.29, 0.717) is 18.4 Å². The molecular formula is C26H24Cl2N2O4. The molecule has 176 valence electrons. The van der Waals surface area contributed by atoms with Gasteiger partial charge in [0.15, 0.2) is 5.78 Å². The fourth-order valence-corrected chi connectivity index (χ4v) is 4.80. The molecule has 0 unspecified atom stereocenters. The van der Waals surface area contributed by atoms with E-state index >= 15 is 0 Å². The maximum atomic E-state index is 13.7. The molecule has 0 aromatic heterocycles. The summed E-state index contributed by atoms with van der Waals surface area (Å²) in [5, 5.41) is 2.27. The number of nitrogens with zero attached hydrogens (tertiary/aromatic N) is 2. The third-order valence-electron chi connectivity index (χ3n) is 6.47. The Labute approximate surface area is 208 Å². The maximum absolute atomic E-state index is 13.7. The molecule has 0 N–H and O–H groups in total. The molecule has 0 radical (unpaired) electrons. The van der Waals surface area contributed by atoms with E-state index in [4.69, 9.17) is 23.2 Å². The molecule has 1 aliphatic carbocycles. The first-order valence-corrected chi connectivity index (χ1v) is 11.8. The summed E-state index contributed by atoms with van der Waals surface area (Å²) in [6.45, 7) is 5.33. The van der Waals surface area contributed by atoms with Gasteiger partial charge in [-0.2, -0.15) is 5.01 Å². The lowest BCUT2D eigenvalue weighted by Gasteiger charge is -2.34. The Morgan fingerprint density at radius 3 is 2.21 bits per heavy atom. The second-order valence-corrected chi connectivity index (χ2v) is 9.69. The molecule has 2 aliphatic rings. The second kappa shape index (κ2) is 9.35. The number of allylic oxidation sites excluding steroid dienone is 2. The average Bonchev–Trinajstić information content (AvgIpc) is 3.05. The third-order valence-corrected chi connectivity index (χ3v) is 7.21. The van der Waals surface area contributed by atoms with Gasteiger partial charge in [0.25, 0.3) is 17.7 Å². The van der Waals surface area contributed by atoms with Gasteiger partial charge >= 0.3 is 0 Å². The lowest BCUT2D eigenvalue weighted by molar-refractivity contribution is -0.156. The van der Waals surface area contributed by atoms with E-state index in [-0.39, 0.29) is 15.6 Å². The highest BCUT2D eigenvalue weighted by Gasteiger charge is 2.53. The quantitative estimate of drug-likeness (QED) is 0.319. The number of amides is 3. The van der Waals surface area contributed by atoms with Crippen LogP contribution in [0.2, 0.25) is 10.0 Å². The molecule has 0 saturated carbocycles. The zero-order chi connectivity index (χ0) is 24.7. The van der Waals surface area contributed by atoms with Crippen molar-refractivity contribution >= 4 is 46.7 Å². The monoisotopic (exact) mass is 498 g/mol. The van der Waals surface area contributed by atoms with Gasteiger partial charge in [-0.15, -0.1) is 0 Å². The molecule has 2 aromatic carbocycles. The van der Waals surface area contributed by atoms with E-state index in [1.807, 2.05) is 19.9 Å². The van der Waals surface area contributed by atoms with E-state index < -0.39 is 41.4 Å². The molecule has 0 bridgehead atoms. The first-order valence-electron chi connectivity index (χ1n) is 11.0. The van der Waals surface area contributed by atoms with Crippen LogP contribution >= 0.6 is 23.2 Å². The highest BCUT2D eigenvalue weighted by molar-refractivity contribution is 6.42. The van der Waals surface area contributed by atoms with E-state index in [2.05, 4.69) is 0 Å². The standard InChI is InChI=1S/C26H24Cl2N2O4/c1-14-4-7-17(8-5-14)23(31)16(3)29(24(32)18-9-11-21(27)22(28)13-18)30-25(33)19-10-6-15(2)12-20(19)26(30)34/h4-9,11,13,16,19-20H,10,12H2,1-3H3/t16-,19+,20-/m1/s1. The summed E-state index contributed by atoms with van der Waals surface area (Å²) in [7, 11) is 0. The van der Waals surface area contributed by atoms with Crippen LogP contribution in [0.15, 0.2) is 54.1 Å². The van der Waals surface area contributed by atoms with E-state index in [9.17, 15) is 19.2 Å². The number of halogens is 2. The van der Waals surface area contributed by atoms with E-state index in [0.717, 1.165) is 21.2 Å². The Morgan fingerprint density at radius 1 is 0.941 bits per heavy atom. The van der Waals surface area contributed by atoms with Crippen molar-refractivity contribution in [3.05, 3.63) is 80.8 Å². The highest BCUT2D eigenvalue weighted by atomic mass is 35.5. The van der Waals surface area contributed by atoms with Crippen molar-refractivity contribution in [2.75, 3.05) is 0 Å². The smallest absolute Gasteiger partial charge is 0.273 e. The van der Waals surface area contributed by atoms with E-state index in [1.165, 1.54) is 25.1 Å². The number of Topliss-reactive ketones (excluding diaryl/α,β-unsaturated/α-hetero) is 1. The predicted octanol–water partition coefficient (Wildman–Crippen LogP) is 5.27. The van der Waals surface area contributed by atoms with Crippen LogP contribution in [0.25, 0.3) is 0 Å². The summed E-state index contributed by atoms with van der Waals surface area (Å²) in [5.41, 5.74) is 2.49. The molecule has 2 aromatic rings. The number of hydrogen-bond acceptors (Lipinski definition) is 4. The largest absolute Gasteiger partial charge is 0.292 e. The molecule has 3 atom stereocenters. The van der Waals surface area contributed by atoms with Crippen molar-refractivity contribution < 1.29 is 19.2 Å². The molecular weight excluding hydrogens is 475 g/mol. The van der Waals surface area contributed by atoms with Crippen molar-refractivity contribution in [1.29, 1.82) is 0 Å². The van der Waals surface area contributed by atoms with Crippen LogP contribution in [0, 0.1) is 18.8 Å². The number of carbonyl (C=O) groups excluding carboxylic acids is 4. The molecule has 34 heavy (non-hydrogen) atoms. The number of imide groups is 1. The Balaban J connectivity index is 1.76. The van der Waals surface area contributed by atoms with Crippen LogP contribution in [0.3, 0.4) is 0 Å². The summed E-state index contributed by atoms with van der Waals surface area (Å²) >= 11 is 12.1. The van der Waals surface area contributed by atoms with Crippen LogP contribution in [0.1, 0.15) is 53.0 Å². The SMILES string of the molecule is CC1=CC[C@@H]2C(=O)N(N(C(=O)c3ccc(Cl)c(Cl)c3)[C@H](C)C(=O)c3ccc(C)cc3)C(=O)[C@@H]2C1. The van der Waals surface area contributed by atoms with Gasteiger partial charge in [-0.05, 0) is 51.8 Å². The van der Waals surface area contributed by atoms with Crippen molar-refractivity contribution in [3.63, 3.8) is 0 Å². The molecule has 1 saturated heterocycles. The molecule has 6 nitrogen and oxygen atoms in total. The zero-order valence-corrected chi connectivity index (χ0v) is 20.6. The van der Waals surface area contributed by atoms with Gasteiger partial charge in [-0.25, -0.2) is 5.01 Å². The highest BCUT2D eigenvalue weighted by Crippen LogP contribution is 2.39. The summed E-state index contributed by atoms with van der Waals surface area (Å²) < 4.78 is 0. The normalized spacial score (nSPS) is 20.6. The molecule has 4 rings (SSSR count). The number of hydrogen-bond donors (Lipinski definition) is 0. The summed E-state index contributed by atoms with van der Waals surface area (Å²) in [6, 6.07) is 10.1. The van der Waals surface area contributed by atoms with E-state index in [1.54, 1.807) is 24.3 Å². The summed E-state index contributed by atoms with van der Waals surface area (Å²) in [4.78, 5) is 53.9. The minimum atomic E-state index is -1.12. The number of rotatable bonds is 5. The minimum Gasteiger partial charge on any atom is -0.292 e. The number of benzene rings is 2. The van der Waals surface area contributed by atoms with Crippen LogP contribution in [0.5, 0.6) is 0 Å². The number of aryl methyl sites for hydroxylation is 1. The van der Waals surface area contributed by atoms with Gasteiger partial charge in [0, 0.05) is 11.1 Å². The number of hydrazine groups is 1. The molecule has 1 aliphatic heterocycles. The number of fused-ring (bicyclic) bond motifs is 1. The first kappa shape index (κ1) is 24.2. The van der Waals surface area contributed by atoms with Crippen LogP contribution in [-0.2, 0) is 9.59 Å². The Kier molecular flexibility index (Phi) is 6.65. The van der Waals surface area contributed by atoms with Gasteiger partial charge in [0.2, 0.25) is 0 Å². The fraction of sp³-hybridized carbons (Fsp3) is 0.308. The minimum absolute atomic E-state index is 0.114. The maximum Gasteiger partial charge on any atom is 0.273 e. The molecule has 3 amide bonds. The zero-order valence-electron chi connectivity index (χ0n) is 19.0. The third kappa shape index (κ3) is 4.28. The van der Waals surface area contributed by atoms with Gasteiger partial charge in [0.1, 0.15) is 6.04 Å². The predicted molar refractivity (Wildman–Crippen MR) is 129 cm³/mol. The Morgan fingerprint density at radius 2 is 1.56 bits per heavy atom. The molecule has 1 fully saturated rings. The van der Waals surface area contributed by atoms with Gasteiger partial charge in [-0.1, -0.05) is 64.7 Å². The molecule has 0 spiro atoms. The lowest BCUT2D eigenvalue weighted by atomic mass is 9.82. The van der Waals surface area contributed by atoms with Crippen LogP contribution < -0.4 is 0 Å². The first-order chi connectivity index (χ1) is 16.1. The summed E-state index contributed by atoms with van der Waals surface area (Å²) in [6.07, 6.45) is 2.81. The molecule has 8 heteroatoms. The molecule has 1 heterocycles. The van der Waals surface area contributed by atoms with Crippen molar-refractivity contribution in [2.24, 2.45) is 11.8 Å². The second-order valence-electron chi connectivity index (χ2n) is 8.88. The average molecular weight is 499 g/mol. The Bertz CT molecular complexity index is 1220. The van der Waals surface area contributed by atoms with Crippen LogP contribution in [0.4, 0.5) is 0 Å². The van der Waals surface area contributed by atoms with Gasteiger partial charge in [-0.3, -0.25) is 19.2 Å². The number of carbonyl (C=O) groups is 4. The Hall–Kier alpha value is -2.96. The van der Waals surface area contributed by atoms with Crippen molar-refractivity contribution in [3.8, 4) is 0 Å². The fourth-order valence-electron chi connectivity index (χ4n) is 4.50. The van der Waals surface area contributed by atoms with Gasteiger partial charge < -0.3 is 0 Å². The van der Waals surface area contributed by atoms with Crippen molar-refractivity contribution in [1.82, 2.24) is 10.0 Å². The lowest BCUT2D eigenvalue weighted by Crippen LogP contribution is -2.56. The number of ketones is 1. The summed E-state index contributed by atoms with van der Waals surface area (Å²) in [5.74, 6) is -3.13. The topological polar surface area (TPSA) is 74.8 Å². The van der Waals surface area contributed by atoms with Crippen LogP contribution in [-0.4, -0.2) is 39.6 Å².